The summed E-state index contributed by atoms with van der Waals surface area (Å²) in [7, 11) is 0. The van der Waals surface area contributed by atoms with E-state index in [9.17, 15) is 4.39 Å². The molecule has 2 heterocycles. The quantitative estimate of drug-likeness (QED) is 0.567. The Bertz CT molecular complexity index is 1100. The Hall–Kier alpha value is -3.54. The minimum atomic E-state index is -0.294. The molecular formula is C20H16FN5. The van der Waals surface area contributed by atoms with Gasteiger partial charge in [0.1, 0.15) is 11.6 Å². The highest BCUT2D eigenvalue weighted by Crippen LogP contribution is 2.27. The molecule has 4 rings (SSSR count). The summed E-state index contributed by atoms with van der Waals surface area (Å²) in [5.74, 6) is 1.49. The second kappa shape index (κ2) is 6.40. The molecule has 6 heteroatoms. The van der Waals surface area contributed by atoms with Gasteiger partial charge in [-0.1, -0.05) is 30.8 Å². The van der Waals surface area contributed by atoms with Crippen LogP contribution in [0.15, 0.2) is 61.2 Å². The van der Waals surface area contributed by atoms with Crippen molar-refractivity contribution in [3.8, 4) is 0 Å². The first kappa shape index (κ1) is 16.0. The molecule has 128 valence electrons. The number of nitrogens with zero attached hydrogens (tertiary/aromatic N) is 3. The van der Waals surface area contributed by atoms with Crippen LogP contribution in [0.25, 0.3) is 16.5 Å². The van der Waals surface area contributed by atoms with Crippen LogP contribution in [0, 0.1) is 12.7 Å². The molecule has 0 spiro atoms. The van der Waals surface area contributed by atoms with Crippen molar-refractivity contribution in [3.63, 3.8) is 0 Å². The van der Waals surface area contributed by atoms with Gasteiger partial charge in [0.2, 0.25) is 0 Å². The zero-order valence-corrected chi connectivity index (χ0v) is 14.1. The highest BCUT2D eigenvalue weighted by molar-refractivity contribution is 5.92. The molecule has 2 aromatic heterocycles. The van der Waals surface area contributed by atoms with E-state index in [4.69, 9.17) is 0 Å². The maximum Gasteiger partial charge on any atom is 0.162 e. The zero-order valence-electron chi connectivity index (χ0n) is 14.1. The Labute approximate surface area is 149 Å². The summed E-state index contributed by atoms with van der Waals surface area (Å²) in [4.78, 5) is 9.24. The zero-order chi connectivity index (χ0) is 18.1. The van der Waals surface area contributed by atoms with E-state index < -0.39 is 0 Å². The molecule has 26 heavy (non-hydrogen) atoms. The van der Waals surface area contributed by atoms with E-state index in [-0.39, 0.29) is 5.82 Å². The highest BCUT2D eigenvalue weighted by atomic mass is 19.1. The van der Waals surface area contributed by atoms with E-state index in [0.717, 1.165) is 22.2 Å². The molecule has 0 aliphatic rings. The number of nitrogens with one attached hydrogen (secondary N) is 2. The van der Waals surface area contributed by atoms with Crippen LogP contribution < -0.4 is 5.32 Å². The molecule has 0 bridgehead atoms. The number of halogens is 1. The first-order valence-corrected chi connectivity index (χ1v) is 8.11. The van der Waals surface area contributed by atoms with Gasteiger partial charge in [-0.2, -0.15) is 5.10 Å². The van der Waals surface area contributed by atoms with Crippen LogP contribution in [-0.2, 0) is 0 Å². The molecule has 2 N–H and O–H groups in total. The van der Waals surface area contributed by atoms with E-state index in [1.165, 1.54) is 12.1 Å². The summed E-state index contributed by atoms with van der Waals surface area (Å²) < 4.78 is 13.2. The second-order valence-corrected chi connectivity index (χ2v) is 5.96. The summed E-state index contributed by atoms with van der Waals surface area (Å²) >= 11 is 0. The number of anilines is 2. The lowest BCUT2D eigenvalue weighted by Crippen LogP contribution is -2.02. The molecule has 4 aromatic rings. The number of aromatic amines is 1. The smallest absolute Gasteiger partial charge is 0.162 e. The molecule has 0 amide bonds. The van der Waals surface area contributed by atoms with E-state index in [1.807, 2.05) is 37.3 Å². The maximum absolute atomic E-state index is 13.2. The molecule has 0 aliphatic heterocycles. The number of H-pyrrole nitrogens is 1. The SMILES string of the molecule is C=C(c1ccc(F)cc1)c1nc(Nc2cc(C)[nH]n2)c2ccccc2n1. The predicted octanol–water partition coefficient (Wildman–Crippen LogP) is 4.61. The van der Waals surface area contributed by atoms with Gasteiger partial charge in [-0.15, -0.1) is 0 Å². The van der Waals surface area contributed by atoms with E-state index >= 15 is 0 Å². The van der Waals surface area contributed by atoms with E-state index in [0.29, 0.717) is 23.0 Å². The minimum Gasteiger partial charge on any atom is -0.323 e. The standard InChI is InChI=1S/C20H16FN5/c1-12-11-18(26-25-12)23-20-16-5-3-4-6-17(16)22-19(24-20)13(2)14-7-9-15(21)10-8-14/h3-11H,2H2,1H3,(H2,22,23,24,25,26). The van der Waals surface area contributed by atoms with Crippen LogP contribution in [0.3, 0.4) is 0 Å². The van der Waals surface area contributed by atoms with Crippen molar-refractivity contribution < 1.29 is 4.39 Å². The van der Waals surface area contributed by atoms with Crippen LogP contribution in [-0.4, -0.2) is 20.2 Å². The Balaban J connectivity index is 1.80. The van der Waals surface area contributed by atoms with Crippen LogP contribution >= 0.6 is 0 Å². The number of rotatable bonds is 4. The molecule has 0 aliphatic carbocycles. The van der Waals surface area contributed by atoms with Crippen molar-refractivity contribution in [1.29, 1.82) is 0 Å². The number of hydrogen-bond donors (Lipinski definition) is 2. The molecular weight excluding hydrogens is 329 g/mol. The van der Waals surface area contributed by atoms with Gasteiger partial charge in [0.25, 0.3) is 0 Å². The summed E-state index contributed by atoms with van der Waals surface area (Å²) in [5, 5.41) is 11.2. The normalized spacial score (nSPS) is 10.8. The van der Waals surface area contributed by atoms with Crippen LogP contribution in [0.2, 0.25) is 0 Å². The third-order valence-corrected chi connectivity index (χ3v) is 4.02. The Morgan fingerprint density at radius 3 is 2.58 bits per heavy atom. The van der Waals surface area contributed by atoms with Gasteiger partial charge in [0, 0.05) is 22.7 Å². The molecule has 0 radical (unpaired) electrons. The van der Waals surface area contributed by atoms with Crippen LogP contribution in [0.4, 0.5) is 16.0 Å². The summed E-state index contributed by atoms with van der Waals surface area (Å²) in [5.41, 5.74) is 3.12. The lowest BCUT2D eigenvalue weighted by molar-refractivity contribution is 0.627. The van der Waals surface area contributed by atoms with Gasteiger partial charge in [-0.25, -0.2) is 14.4 Å². The van der Waals surface area contributed by atoms with Crippen molar-refractivity contribution >= 4 is 28.1 Å². The fourth-order valence-corrected chi connectivity index (χ4v) is 2.69. The summed E-state index contributed by atoms with van der Waals surface area (Å²) in [6.45, 7) is 6.02. The first-order chi connectivity index (χ1) is 12.6. The fraction of sp³-hybridized carbons (Fsp3) is 0.0500. The average molecular weight is 345 g/mol. The van der Waals surface area contributed by atoms with Crippen LogP contribution in [0.5, 0.6) is 0 Å². The van der Waals surface area contributed by atoms with Gasteiger partial charge < -0.3 is 5.32 Å². The Morgan fingerprint density at radius 2 is 1.85 bits per heavy atom. The van der Waals surface area contributed by atoms with Crippen molar-refractivity contribution in [1.82, 2.24) is 20.2 Å². The Morgan fingerprint density at radius 1 is 1.08 bits per heavy atom. The number of aromatic nitrogens is 4. The molecule has 0 fully saturated rings. The number of benzene rings is 2. The molecule has 0 unspecified atom stereocenters. The predicted molar refractivity (Wildman–Crippen MR) is 101 cm³/mol. The number of aryl methyl sites for hydroxylation is 1. The van der Waals surface area contributed by atoms with Crippen LogP contribution in [0.1, 0.15) is 17.1 Å². The lowest BCUT2D eigenvalue weighted by atomic mass is 10.1. The second-order valence-electron chi connectivity index (χ2n) is 5.96. The molecule has 0 saturated carbocycles. The molecule has 0 atom stereocenters. The first-order valence-electron chi connectivity index (χ1n) is 8.11. The fourth-order valence-electron chi connectivity index (χ4n) is 2.69. The largest absolute Gasteiger partial charge is 0.323 e. The van der Waals surface area contributed by atoms with Gasteiger partial charge in [-0.3, -0.25) is 5.10 Å². The van der Waals surface area contributed by atoms with Gasteiger partial charge in [0.05, 0.1) is 5.52 Å². The number of hydrogen-bond acceptors (Lipinski definition) is 4. The number of para-hydroxylation sites is 1. The monoisotopic (exact) mass is 345 g/mol. The third-order valence-electron chi connectivity index (χ3n) is 4.02. The molecule has 0 saturated heterocycles. The average Bonchev–Trinajstić information content (AvgIpc) is 3.06. The topological polar surface area (TPSA) is 66.5 Å². The van der Waals surface area contributed by atoms with Gasteiger partial charge in [0.15, 0.2) is 11.6 Å². The minimum absolute atomic E-state index is 0.294. The Kier molecular flexibility index (Phi) is 3.93. The highest BCUT2D eigenvalue weighted by Gasteiger charge is 2.12. The number of fused-ring (bicyclic) bond motifs is 1. The lowest BCUT2D eigenvalue weighted by Gasteiger charge is -2.11. The maximum atomic E-state index is 13.2. The van der Waals surface area contributed by atoms with Crippen molar-refractivity contribution in [2.24, 2.45) is 0 Å². The van der Waals surface area contributed by atoms with E-state index in [2.05, 4.69) is 32.1 Å². The summed E-state index contributed by atoms with van der Waals surface area (Å²) in [6, 6.07) is 15.7. The van der Waals surface area contributed by atoms with Crippen molar-refractivity contribution in [3.05, 3.63) is 84.1 Å². The molecule has 2 aromatic carbocycles. The van der Waals surface area contributed by atoms with Crippen molar-refractivity contribution in [2.75, 3.05) is 5.32 Å². The van der Waals surface area contributed by atoms with Gasteiger partial charge in [-0.05, 0) is 36.8 Å². The van der Waals surface area contributed by atoms with Crippen molar-refractivity contribution in [2.45, 2.75) is 6.92 Å². The van der Waals surface area contributed by atoms with E-state index in [1.54, 1.807) is 12.1 Å². The molecule has 5 nitrogen and oxygen atoms in total. The van der Waals surface area contributed by atoms with Gasteiger partial charge >= 0.3 is 0 Å². The summed E-state index contributed by atoms with van der Waals surface area (Å²) in [6.07, 6.45) is 0. The third kappa shape index (κ3) is 3.04.